The zero-order chi connectivity index (χ0) is 11.8. The van der Waals surface area contributed by atoms with E-state index in [0.29, 0.717) is 6.54 Å². The van der Waals surface area contributed by atoms with E-state index in [9.17, 15) is 0 Å². The lowest BCUT2D eigenvalue weighted by molar-refractivity contribution is 0.351. The first-order valence-corrected chi connectivity index (χ1v) is 5.13. The minimum Gasteiger partial charge on any atom is -0.493 e. The Hall–Kier alpha value is -1.66. The van der Waals surface area contributed by atoms with Crippen LogP contribution in [0.1, 0.15) is 12.5 Å². The highest BCUT2D eigenvalue weighted by atomic mass is 16.5. The van der Waals surface area contributed by atoms with E-state index in [1.165, 1.54) is 0 Å². The molecular formula is C13H17NO2. The summed E-state index contributed by atoms with van der Waals surface area (Å²) in [5.41, 5.74) is 1.07. The summed E-state index contributed by atoms with van der Waals surface area (Å²) < 4.78 is 10.5. The zero-order valence-electron chi connectivity index (χ0n) is 9.96. The van der Waals surface area contributed by atoms with E-state index < -0.39 is 0 Å². The third-order valence-electron chi connectivity index (χ3n) is 2.19. The molecule has 0 aliphatic rings. The molecule has 16 heavy (non-hydrogen) atoms. The second-order valence-electron chi connectivity index (χ2n) is 3.18. The summed E-state index contributed by atoms with van der Waals surface area (Å²) in [5, 5.41) is 3.22. The standard InChI is InChI=1S/C13H17NO2/c1-4-5-9-14-10-11-7-6-8-12(15-2)13(11)16-3/h6-8,14H,9-10H2,1-3H3. The molecule has 0 aliphatic heterocycles. The highest BCUT2D eigenvalue weighted by Gasteiger charge is 2.07. The van der Waals surface area contributed by atoms with E-state index in [2.05, 4.69) is 17.2 Å². The van der Waals surface area contributed by atoms with Crippen molar-refractivity contribution >= 4 is 0 Å². The topological polar surface area (TPSA) is 30.5 Å². The Labute approximate surface area is 96.8 Å². The maximum Gasteiger partial charge on any atom is 0.165 e. The Morgan fingerprint density at radius 3 is 2.69 bits per heavy atom. The van der Waals surface area contributed by atoms with Crippen LogP contribution < -0.4 is 14.8 Å². The van der Waals surface area contributed by atoms with Gasteiger partial charge in [0.1, 0.15) is 0 Å². The number of para-hydroxylation sites is 1. The van der Waals surface area contributed by atoms with Crippen molar-refractivity contribution in [3.05, 3.63) is 23.8 Å². The molecule has 0 amide bonds. The molecule has 0 fully saturated rings. The van der Waals surface area contributed by atoms with E-state index in [1.54, 1.807) is 14.2 Å². The quantitative estimate of drug-likeness (QED) is 0.605. The molecule has 1 rings (SSSR count). The van der Waals surface area contributed by atoms with Crippen LogP contribution in [0.4, 0.5) is 0 Å². The SMILES string of the molecule is CC#CCNCc1cccc(OC)c1OC. The molecule has 0 saturated heterocycles. The second kappa shape index (κ2) is 6.76. The molecule has 1 N–H and O–H groups in total. The van der Waals surface area contributed by atoms with Gasteiger partial charge in [-0.3, -0.25) is 0 Å². The third-order valence-corrected chi connectivity index (χ3v) is 2.19. The minimum atomic E-state index is 0.677. The van der Waals surface area contributed by atoms with Gasteiger partial charge in [0.05, 0.1) is 20.8 Å². The van der Waals surface area contributed by atoms with E-state index in [4.69, 9.17) is 9.47 Å². The highest BCUT2D eigenvalue weighted by Crippen LogP contribution is 2.30. The zero-order valence-corrected chi connectivity index (χ0v) is 9.96. The van der Waals surface area contributed by atoms with E-state index >= 15 is 0 Å². The van der Waals surface area contributed by atoms with Crippen LogP contribution in [0.3, 0.4) is 0 Å². The van der Waals surface area contributed by atoms with E-state index in [0.717, 1.165) is 23.6 Å². The van der Waals surface area contributed by atoms with Crippen molar-refractivity contribution in [2.45, 2.75) is 13.5 Å². The van der Waals surface area contributed by atoms with Crippen molar-refractivity contribution in [3.63, 3.8) is 0 Å². The predicted molar refractivity (Wildman–Crippen MR) is 64.7 cm³/mol. The Morgan fingerprint density at radius 1 is 1.25 bits per heavy atom. The molecule has 0 radical (unpaired) electrons. The predicted octanol–water partition coefficient (Wildman–Crippen LogP) is 1.82. The lowest BCUT2D eigenvalue weighted by Crippen LogP contribution is -2.14. The van der Waals surface area contributed by atoms with Crippen LogP contribution in [0.2, 0.25) is 0 Å². The van der Waals surface area contributed by atoms with Crippen molar-refractivity contribution in [1.29, 1.82) is 0 Å². The molecule has 1 aromatic rings. The van der Waals surface area contributed by atoms with Crippen molar-refractivity contribution in [2.24, 2.45) is 0 Å². The molecule has 0 atom stereocenters. The summed E-state index contributed by atoms with van der Waals surface area (Å²) in [7, 11) is 3.28. The van der Waals surface area contributed by atoms with Crippen molar-refractivity contribution in [3.8, 4) is 23.3 Å². The van der Waals surface area contributed by atoms with Gasteiger partial charge in [-0.15, -0.1) is 5.92 Å². The lowest BCUT2D eigenvalue weighted by atomic mass is 10.2. The number of rotatable bonds is 5. The number of ether oxygens (including phenoxy) is 2. The molecular weight excluding hydrogens is 202 g/mol. The van der Waals surface area contributed by atoms with E-state index in [1.807, 2.05) is 25.1 Å². The van der Waals surface area contributed by atoms with Crippen LogP contribution in [0.25, 0.3) is 0 Å². The summed E-state index contributed by atoms with van der Waals surface area (Å²) >= 11 is 0. The second-order valence-corrected chi connectivity index (χ2v) is 3.18. The van der Waals surface area contributed by atoms with Crippen molar-refractivity contribution < 1.29 is 9.47 Å². The number of benzene rings is 1. The molecule has 0 aliphatic carbocycles. The maximum absolute atomic E-state index is 5.32. The highest BCUT2D eigenvalue weighted by molar-refractivity contribution is 5.46. The molecule has 3 nitrogen and oxygen atoms in total. The molecule has 0 heterocycles. The first-order valence-electron chi connectivity index (χ1n) is 5.13. The Kier molecular flexibility index (Phi) is 5.24. The summed E-state index contributed by atoms with van der Waals surface area (Å²) in [4.78, 5) is 0. The molecule has 0 bridgehead atoms. The largest absolute Gasteiger partial charge is 0.493 e. The van der Waals surface area contributed by atoms with Gasteiger partial charge in [0.25, 0.3) is 0 Å². The summed E-state index contributed by atoms with van der Waals surface area (Å²) in [6.45, 7) is 3.22. The van der Waals surface area contributed by atoms with Gasteiger partial charge in [-0.2, -0.15) is 0 Å². The summed E-state index contributed by atoms with van der Waals surface area (Å²) in [6, 6.07) is 5.84. The Morgan fingerprint density at radius 2 is 2.06 bits per heavy atom. The number of hydrogen-bond donors (Lipinski definition) is 1. The molecule has 86 valence electrons. The van der Waals surface area contributed by atoms with Crippen LogP contribution in [0.5, 0.6) is 11.5 Å². The Balaban J connectivity index is 2.73. The molecule has 1 aromatic carbocycles. The van der Waals surface area contributed by atoms with Gasteiger partial charge in [0, 0.05) is 12.1 Å². The number of hydrogen-bond acceptors (Lipinski definition) is 3. The lowest BCUT2D eigenvalue weighted by Gasteiger charge is -2.12. The van der Waals surface area contributed by atoms with Crippen molar-refractivity contribution in [2.75, 3.05) is 20.8 Å². The van der Waals surface area contributed by atoms with Gasteiger partial charge in [-0.1, -0.05) is 18.1 Å². The third kappa shape index (κ3) is 3.18. The fourth-order valence-corrected chi connectivity index (χ4v) is 1.44. The van der Waals surface area contributed by atoms with Crippen molar-refractivity contribution in [1.82, 2.24) is 5.32 Å². The smallest absolute Gasteiger partial charge is 0.165 e. The molecule has 0 spiro atoms. The van der Waals surface area contributed by atoms with Crippen LogP contribution in [0, 0.1) is 11.8 Å². The van der Waals surface area contributed by atoms with Gasteiger partial charge < -0.3 is 14.8 Å². The molecule has 0 unspecified atom stereocenters. The molecule has 3 heteroatoms. The fraction of sp³-hybridized carbons (Fsp3) is 0.385. The average Bonchev–Trinajstić information content (AvgIpc) is 2.34. The van der Waals surface area contributed by atoms with Crippen LogP contribution in [-0.2, 0) is 6.54 Å². The normalized spacial score (nSPS) is 9.19. The van der Waals surface area contributed by atoms with Crippen LogP contribution in [-0.4, -0.2) is 20.8 Å². The van der Waals surface area contributed by atoms with Gasteiger partial charge in [-0.25, -0.2) is 0 Å². The maximum atomic E-state index is 5.32. The number of methoxy groups -OCH3 is 2. The molecule has 0 aromatic heterocycles. The Bertz CT molecular complexity index is 391. The summed E-state index contributed by atoms with van der Waals surface area (Å²) in [6.07, 6.45) is 0. The monoisotopic (exact) mass is 219 g/mol. The van der Waals surface area contributed by atoms with Gasteiger partial charge >= 0.3 is 0 Å². The van der Waals surface area contributed by atoms with Crippen LogP contribution >= 0.6 is 0 Å². The van der Waals surface area contributed by atoms with Gasteiger partial charge in [0.15, 0.2) is 11.5 Å². The fourth-order valence-electron chi connectivity index (χ4n) is 1.44. The first-order chi connectivity index (χ1) is 7.83. The number of nitrogens with one attached hydrogen (secondary N) is 1. The van der Waals surface area contributed by atoms with Gasteiger partial charge in [-0.05, 0) is 13.0 Å². The van der Waals surface area contributed by atoms with Gasteiger partial charge in [0.2, 0.25) is 0 Å². The first kappa shape index (κ1) is 12.4. The summed E-state index contributed by atoms with van der Waals surface area (Å²) in [5.74, 6) is 7.32. The minimum absolute atomic E-state index is 0.677. The molecule has 0 saturated carbocycles. The van der Waals surface area contributed by atoms with E-state index in [-0.39, 0.29) is 0 Å². The average molecular weight is 219 g/mol. The van der Waals surface area contributed by atoms with Crippen LogP contribution in [0.15, 0.2) is 18.2 Å².